The van der Waals surface area contributed by atoms with Crippen LogP contribution < -0.4 is 11.1 Å². The molecular weight excluding hydrogens is 414 g/mol. The first-order chi connectivity index (χ1) is 14.9. The maximum Gasteiger partial charge on any atom is 0.314 e. The number of nitrogens with zero attached hydrogens (tertiary/aromatic N) is 1. The van der Waals surface area contributed by atoms with E-state index in [0.29, 0.717) is 18.5 Å². The highest BCUT2D eigenvalue weighted by Gasteiger charge is 2.25. The smallest absolute Gasteiger partial charge is 0.314 e. The highest BCUT2D eigenvalue weighted by Crippen LogP contribution is 2.21. The molecule has 0 amide bonds. The first kappa shape index (κ1) is 20.8. The molecule has 0 saturated carbocycles. The highest BCUT2D eigenvalue weighted by molar-refractivity contribution is 7.89. The molecule has 0 unspecified atom stereocenters. The van der Waals surface area contributed by atoms with Crippen molar-refractivity contribution in [3.63, 3.8) is 0 Å². The van der Waals surface area contributed by atoms with Crippen LogP contribution in [0.1, 0.15) is 11.1 Å². The van der Waals surface area contributed by atoms with Crippen LogP contribution in [0.2, 0.25) is 0 Å². The number of nitrogens with one attached hydrogen (secondary N) is 2. The molecule has 4 aromatic rings. The molecule has 7 nitrogen and oxygen atoms in total. The van der Waals surface area contributed by atoms with Crippen LogP contribution in [0.3, 0.4) is 0 Å². The Morgan fingerprint density at radius 2 is 1.29 bits per heavy atom. The second kappa shape index (κ2) is 8.71. The largest absolute Gasteiger partial charge is 0.316 e. The number of sulfonamides is 1. The molecule has 3 aromatic carbocycles. The standard InChI is InChI=1S/C23H21N3O4S/c27-22-23(28)25-21-15-19(11-12-20(21)24-22)31(29,30)26(16-18-9-5-2-6-10-18)14-13-17-7-3-1-4-8-17/h1-12,15H,13-14,16H2,(H,24,27)(H,25,28). The van der Waals surface area contributed by atoms with Gasteiger partial charge in [0.25, 0.3) is 0 Å². The number of rotatable bonds is 7. The molecule has 1 aromatic heterocycles. The predicted molar refractivity (Wildman–Crippen MR) is 119 cm³/mol. The van der Waals surface area contributed by atoms with Crippen LogP contribution in [0, 0.1) is 0 Å². The first-order valence-corrected chi connectivity index (χ1v) is 11.2. The van der Waals surface area contributed by atoms with Crippen molar-refractivity contribution < 1.29 is 8.42 Å². The Morgan fingerprint density at radius 3 is 1.94 bits per heavy atom. The second-order valence-corrected chi connectivity index (χ2v) is 9.11. The molecule has 2 N–H and O–H groups in total. The molecule has 0 bridgehead atoms. The fourth-order valence-corrected chi connectivity index (χ4v) is 4.83. The fourth-order valence-electron chi connectivity index (χ4n) is 3.37. The summed E-state index contributed by atoms with van der Waals surface area (Å²) in [4.78, 5) is 28.1. The minimum Gasteiger partial charge on any atom is -0.316 e. The third-order valence-corrected chi connectivity index (χ3v) is 6.87. The van der Waals surface area contributed by atoms with Crippen molar-refractivity contribution in [3.8, 4) is 0 Å². The molecule has 0 aliphatic carbocycles. The lowest BCUT2D eigenvalue weighted by Gasteiger charge is -2.23. The Kier molecular flexibility index (Phi) is 5.83. The Morgan fingerprint density at radius 1 is 0.710 bits per heavy atom. The summed E-state index contributed by atoms with van der Waals surface area (Å²) in [5.41, 5.74) is 0.925. The summed E-state index contributed by atoms with van der Waals surface area (Å²) in [6, 6.07) is 23.4. The zero-order valence-corrected chi connectivity index (χ0v) is 17.4. The van der Waals surface area contributed by atoms with Crippen LogP contribution in [-0.2, 0) is 23.0 Å². The number of fused-ring (bicyclic) bond motifs is 1. The van der Waals surface area contributed by atoms with E-state index in [-0.39, 0.29) is 17.0 Å². The van der Waals surface area contributed by atoms with E-state index in [4.69, 9.17) is 0 Å². The normalized spacial score (nSPS) is 11.8. The van der Waals surface area contributed by atoms with Crippen molar-refractivity contribution in [1.82, 2.24) is 14.3 Å². The van der Waals surface area contributed by atoms with E-state index in [1.807, 2.05) is 60.7 Å². The van der Waals surface area contributed by atoms with Crippen molar-refractivity contribution in [2.75, 3.05) is 6.54 Å². The third kappa shape index (κ3) is 4.65. The van der Waals surface area contributed by atoms with Crippen LogP contribution in [0.15, 0.2) is 93.3 Å². The van der Waals surface area contributed by atoms with E-state index in [0.717, 1.165) is 11.1 Å². The average Bonchev–Trinajstić information content (AvgIpc) is 2.78. The van der Waals surface area contributed by atoms with Crippen LogP contribution >= 0.6 is 0 Å². The van der Waals surface area contributed by atoms with Crippen LogP contribution in [-0.4, -0.2) is 29.2 Å². The lowest BCUT2D eigenvalue weighted by atomic mass is 10.1. The van der Waals surface area contributed by atoms with Gasteiger partial charge < -0.3 is 9.97 Å². The summed E-state index contributed by atoms with van der Waals surface area (Å²) in [5.74, 6) is 0. The zero-order chi connectivity index (χ0) is 21.8. The molecule has 4 rings (SSSR count). The number of H-pyrrole nitrogens is 2. The summed E-state index contributed by atoms with van der Waals surface area (Å²) in [5, 5.41) is 0. The van der Waals surface area contributed by atoms with Gasteiger partial charge in [0.05, 0.1) is 15.9 Å². The number of aromatic amines is 2. The maximum absolute atomic E-state index is 13.5. The quantitative estimate of drug-likeness (QED) is 0.436. The average molecular weight is 436 g/mol. The van der Waals surface area contributed by atoms with Crippen molar-refractivity contribution >= 4 is 21.1 Å². The molecule has 0 radical (unpaired) electrons. The van der Waals surface area contributed by atoms with Crippen LogP contribution in [0.25, 0.3) is 11.0 Å². The Labute approximate surface area is 179 Å². The molecule has 158 valence electrons. The van der Waals surface area contributed by atoms with Crippen molar-refractivity contribution in [3.05, 3.63) is 111 Å². The Bertz CT molecular complexity index is 1410. The van der Waals surface area contributed by atoms with E-state index in [9.17, 15) is 18.0 Å². The molecule has 0 saturated heterocycles. The van der Waals surface area contributed by atoms with Crippen molar-refractivity contribution in [2.24, 2.45) is 0 Å². The highest BCUT2D eigenvalue weighted by atomic mass is 32.2. The number of hydrogen-bond acceptors (Lipinski definition) is 4. The van der Waals surface area contributed by atoms with Crippen LogP contribution in [0.5, 0.6) is 0 Å². The van der Waals surface area contributed by atoms with Gasteiger partial charge in [-0.2, -0.15) is 4.31 Å². The molecule has 0 fully saturated rings. The maximum atomic E-state index is 13.5. The predicted octanol–water partition coefficient (Wildman–Crippen LogP) is 2.65. The summed E-state index contributed by atoms with van der Waals surface area (Å²) in [6.45, 7) is 0.512. The molecule has 8 heteroatoms. The lowest BCUT2D eigenvalue weighted by molar-refractivity contribution is 0.409. The monoisotopic (exact) mass is 435 g/mol. The van der Waals surface area contributed by atoms with Gasteiger partial charge in [-0.15, -0.1) is 0 Å². The molecule has 1 heterocycles. The van der Waals surface area contributed by atoms with Gasteiger partial charge in [0, 0.05) is 13.1 Å². The Hall–Kier alpha value is -3.49. The summed E-state index contributed by atoms with van der Waals surface area (Å²) in [7, 11) is -3.86. The van der Waals surface area contributed by atoms with Gasteiger partial charge in [-0.25, -0.2) is 8.42 Å². The molecule has 0 aliphatic rings. The van der Waals surface area contributed by atoms with Gasteiger partial charge in [0.1, 0.15) is 0 Å². The van der Waals surface area contributed by atoms with Gasteiger partial charge in [-0.1, -0.05) is 60.7 Å². The fraction of sp³-hybridized carbons (Fsp3) is 0.130. The van der Waals surface area contributed by atoms with Gasteiger partial charge in [0.2, 0.25) is 10.0 Å². The molecule has 0 atom stereocenters. The molecule has 0 aliphatic heterocycles. The van der Waals surface area contributed by atoms with E-state index in [2.05, 4.69) is 9.97 Å². The number of hydrogen-bond donors (Lipinski definition) is 2. The van der Waals surface area contributed by atoms with E-state index in [1.165, 1.54) is 22.5 Å². The van der Waals surface area contributed by atoms with Crippen molar-refractivity contribution in [2.45, 2.75) is 17.9 Å². The van der Waals surface area contributed by atoms with E-state index in [1.54, 1.807) is 0 Å². The van der Waals surface area contributed by atoms with E-state index >= 15 is 0 Å². The molecule has 31 heavy (non-hydrogen) atoms. The number of aromatic nitrogens is 2. The second-order valence-electron chi connectivity index (χ2n) is 7.18. The Balaban J connectivity index is 1.71. The number of benzene rings is 3. The summed E-state index contributed by atoms with van der Waals surface area (Å²) >= 11 is 0. The zero-order valence-electron chi connectivity index (χ0n) is 16.6. The van der Waals surface area contributed by atoms with Gasteiger partial charge in [-0.3, -0.25) is 9.59 Å². The molecule has 0 spiro atoms. The summed E-state index contributed by atoms with van der Waals surface area (Å²) < 4.78 is 28.5. The minimum atomic E-state index is -3.86. The summed E-state index contributed by atoms with van der Waals surface area (Å²) in [6.07, 6.45) is 0.560. The SMILES string of the molecule is O=c1[nH]c2ccc(S(=O)(=O)N(CCc3ccccc3)Cc3ccccc3)cc2[nH]c1=O. The van der Waals surface area contributed by atoms with Gasteiger partial charge in [-0.05, 0) is 35.7 Å². The minimum absolute atomic E-state index is 0.0479. The van der Waals surface area contributed by atoms with Crippen LogP contribution in [0.4, 0.5) is 0 Å². The van der Waals surface area contributed by atoms with Crippen molar-refractivity contribution in [1.29, 1.82) is 0 Å². The lowest BCUT2D eigenvalue weighted by Crippen LogP contribution is -2.33. The van der Waals surface area contributed by atoms with Gasteiger partial charge >= 0.3 is 11.1 Å². The topological polar surface area (TPSA) is 103 Å². The van der Waals surface area contributed by atoms with E-state index < -0.39 is 21.1 Å². The van der Waals surface area contributed by atoms with Gasteiger partial charge in [0.15, 0.2) is 0 Å². The third-order valence-electron chi connectivity index (χ3n) is 5.03. The molecular formula is C23H21N3O4S. The first-order valence-electron chi connectivity index (χ1n) is 9.78.